The molecule has 1 aliphatic rings. The predicted molar refractivity (Wildman–Crippen MR) is 95.1 cm³/mol. The average Bonchev–Trinajstić information content (AvgIpc) is 2.46. The largest absolute Gasteiger partial charge is 0.393 e. The zero-order valence-electron chi connectivity index (χ0n) is 15.4. The molecule has 1 fully saturated rings. The van der Waals surface area contributed by atoms with Crippen LogP contribution in [0.1, 0.15) is 72.6 Å². The quantitative estimate of drug-likeness (QED) is 0.713. The Bertz CT molecular complexity index is 390. The molecule has 1 aliphatic carbocycles. The van der Waals surface area contributed by atoms with Crippen LogP contribution in [0.3, 0.4) is 0 Å². The normalized spacial score (nSPS) is 38.8. The number of Topliss-reactive ketones (excluding diaryl/α,β-unsaturated/α-hetero) is 1. The first-order valence-corrected chi connectivity index (χ1v) is 9.23. The van der Waals surface area contributed by atoms with Crippen LogP contribution in [0.15, 0.2) is 12.2 Å². The van der Waals surface area contributed by atoms with E-state index >= 15 is 0 Å². The van der Waals surface area contributed by atoms with E-state index in [0.717, 1.165) is 31.3 Å². The summed E-state index contributed by atoms with van der Waals surface area (Å²) in [6, 6.07) is 0. The van der Waals surface area contributed by atoms with Crippen molar-refractivity contribution in [2.45, 2.75) is 84.8 Å². The Morgan fingerprint density at radius 3 is 2.22 bits per heavy atom. The molecule has 23 heavy (non-hydrogen) atoms. The Kier molecular flexibility index (Phi) is 8.49. The fraction of sp³-hybridized carbons (Fsp3) is 0.850. The molecule has 0 radical (unpaired) electrons. The van der Waals surface area contributed by atoms with Gasteiger partial charge in [-0.25, -0.2) is 0 Å². The second kappa shape index (κ2) is 9.58. The van der Waals surface area contributed by atoms with Gasteiger partial charge < -0.3 is 10.2 Å². The molecule has 0 saturated heterocycles. The standard InChI is InChI=1S/C20H36O3/c1-13(2)17-8-7-15(4)19(22)9-6-14(3)10-18(21)11-16(5)20(23)12-17/h14-17,19-20,22-23H,1,6-12H2,2-5H3/t14-,15+,16+,17+,19-,20+/m0/s1. The van der Waals surface area contributed by atoms with Crippen molar-refractivity contribution in [2.24, 2.45) is 23.7 Å². The number of ketones is 1. The summed E-state index contributed by atoms with van der Waals surface area (Å²) < 4.78 is 0. The Morgan fingerprint density at radius 1 is 0.957 bits per heavy atom. The number of aliphatic hydroxyl groups excluding tert-OH is 2. The van der Waals surface area contributed by atoms with Crippen LogP contribution in [0, 0.1) is 23.7 Å². The summed E-state index contributed by atoms with van der Waals surface area (Å²) in [5.74, 6) is 1.05. The van der Waals surface area contributed by atoms with Gasteiger partial charge in [0.15, 0.2) is 0 Å². The minimum absolute atomic E-state index is 0.00232. The highest BCUT2D eigenvalue weighted by Gasteiger charge is 2.25. The van der Waals surface area contributed by atoms with Crippen LogP contribution in [0.2, 0.25) is 0 Å². The molecule has 3 nitrogen and oxygen atoms in total. The van der Waals surface area contributed by atoms with Gasteiger partial charge in [0.25, 0.3) is 0 Å². The van der Waals surface area contributed by atoms with Crippen molar-refractivity contribution in [1.82, 2.24) is 0 Å². The van der Waals surface area contributed by atoms with Crippen LogP contribution in [0.4, 0.5) is 0 Å². The van der Waals surface area contributed by atoms with Crippen molar-refractivity contribution < 1.29 is 15.0 Å². The van der Waals surface area contributed by atoms with E-state index in [0.29, 0.717) is 25.2 Å². The first-order valence-electron chi connectivity index (χ1n) is 9.23. The van der Waals surface area contributed by atoms with Crippen molar-refractivity contribution in [1.29, 1.82) is 0 Å². The Morgan fingerprint density at radius 2 is 1.61 bits per heavy atom. The number of carbonyl (C=O) groups is 1. The van der Waals surface area contributed by atoms with Gasteiger partial charge in [0.1, 0.15) is 5.78 Å². The van der Waals surface area contributed by atoms with Gasteiger partial charge in [-0.1, -0.05) is 32.9 Å². The highest BCUT2D eigenvalue weighted by atomic mass is 16.3. The summed E-state index contributed by atoms with van der Waals surface area (Å²) in [6.45, 7) is 12.2. The maximum absolute atomic E-state index is 12.2. The van der Waals surface area contributed by atoms with Gasteiger partial charge in [-0.15, -0.1) is 0 Å². The lowest BCUT2D eigenvalue weighted by atomic mass is 9.81. The van der Waals surface area contributed by atoms with E-state index in [2.05, 4.69) is 20.4 Å². The first-order chi connectivity index (χ1) is 10.7. The molecule has 0 bridgehead atoms. The lowest BCUT2D eigenvalue weighted by Crippen LogP contribution is -2.26. The summed E-state index contributed by atoms with van der Waals surface area (Å²) in [5, 5.41) is 20.8. The molecule has 0 aromatic rings. The topological polar surface area (TPSA) is 57.5 Å². The van der Waals surface area contributed by atoms with Gasteiger partial charge in [-0.3, -0.25) is 4.79 Å². The van der Waals surface area contributed by atoms with E-state index < -0.39 is 6.10 Å². The molecule has 6 atom stereocenters. The minimum atomic E-state index is -0.459. The van der Waals surface area contributed by atoms with Crippen LogP contribution in [0.25, 0.3) is 0 Å². The molecule has 0 aliphatic heterocycles. The van der Waals surface area contributed by atoms with Crippen LogP contribution < -0.4 is 0 Å². The third-order valence-electron chi connectivity index (χ3n) is 5.59. The van der Waals surface area contributed by atoms with Crippen molar-refractivity contribution in [2.75, 3.05) is 0 Å². The molecule has 0 spiro atoms. The summed E-state index contributed by atoms with van der Waals surface area (Å²) in [6.07, 6.45) is 4.47. The van der Waals surface area contributed by atoms with Crippen molar-refractivity contribution >= 4 is 5.78 Å². The monoisotopic (exact) mass is 324 g/mol. The highest BCUT2D eigenvalue weighted by Crippen LogP contribution is 2.29. The highest BCUT2D eigenvalue weighted by molar-refractivity contribution is 5.78. The molecule has 0 aromatic carbocycles. The molecular formula is C20H36O3. The van der Waals surface area contributed by atoms with Gasteiger partial charge in [0.2, 0.25) is 0 Å². The Labute approximate surface area is 142 Å². The number of allylic oxidation sites excluding steroid dienone is 1. The SMILES string of the molecule is C=C(C)[C@@H]1CC[C@@H](C)[C@@H](O)CC[C@H](C)CC(=O)C[C@@H](C)[C@H](O)C1. The van der Waals surface area contributed by atoms with E-state index in [4.69, 9.17) is 0 Å². The average molecular weight is 325 g/mol. The van der Waals surface area contributed by atoms with Crippen molar-refractivity contribution in [3.05, 3.63) is 12.2 Å². The Hall–Kier alpha value is -0.670. The molecule has 3 heteroatoms. The third-order valence-corrected chi connectivity index (χ3v) is 5.59. The Balaban J connectivity index is 2.81. The van der Waals surface area contributed by atoms with Crippen LogP contribution >= 0.6 is 0 Å². The fourth-order valence-electron chi connectivity index (χ4n) is 3.55. The summed E-state index contributed by atoms with van der Waals surface area (Å²) in [4.78, 5) is 12.2. The van der Waals surface area contributed by atoms with E-state index in [9.17, 15) is 15.0 Å². The number of hydrogen-bond acceptors (Lipinski definition) is 3. The number of hydrogen-bond donors (Lipinski definition) is 2. The zero-order valence-corrected chi connectivity index (χ0v) is 15.4. The lowest BCUT2D eigenvalue weighted by molar-refractivity contribution is -0.121. The molecule has 0 aromatic heterocycles. The van der Waals surface area contributed by atoms with E-state index in [1.165, 1.54) is 0 Å². The van der Waals surface area contributed by atoms with E-state index in [1.807, 2.05) is 13.8 Å². The van der Waals surface area contributed by atoms with Crippen LogP contribution in [0.5, 0.6) is 0 Å². The fourth-order valence-corrected chi connectivity index (χ4v) is 3.55. The molecule has 134 valence electrons. The molecule has 1 rings (SSSR count). The van der Waals surface area contributed by atoms with Gasteiger partial charge in [-0.2, -0.15) is 0 Å². The number of carbonyl (C=O) groups excluding carboxylic acids is 1. The molecule has 0 unspecified atom stereocenters. The first kappa shape index (κ1) is 20.4. The maximum Gasteiger partial charge on any atom is 0.133 e. The molecule has 1 saturated carbocycles. The van der Waals surface area contributed by atoms with Gasteiger partial charge in [-0.05, 0) is 62.7 Å². The summed E-state index contributed by atoms with van der Waals surface area (Å²) >= 11 is 0. The summed E-state index contributed by atoms with van der Waals surface area (Å²) in [7, 11) is 0. The zero-order chi connectivity index (χ0) is 17.6. The minimum Gasteiger partial charge on any atom is -0.393 e. The molecular weight excluding hydrogens is 288 g/mol. The third kappa shape index (κ3) is 7.17. The van der Waals surface area contributed by atoms with Crippen LogP contribution in [-0.2, 0) is 4.79 Å². The van der Waals surface area contributed by atoms with Gasteiger partial charge in [0, 0.05) is 12.8 Å². The molecule has 0 amide bonds. The summed E-state index contributed by atoms with van der Waals surface area (Å²) in [5.41, 5.74) is 1.09. The van der Waals surface area contributed by atoms with Crippen molar-refractivity contribution in [3.8, 4) is 0 Å². The number of aliphatic hydroxyl groups is 2. The van der Waals surface area contributed by atoms with Gasteiger partial charge >= 0.3 is 0 Å². The molecule has 0 heterocycles. The van der Waals surface area contributed by atoms with E-state index in [1.54, 1.807) is 0 Å². The van der Waals surface area contributed by atoms with Crippen molar-refractivity contribution in [3.63, 3.8) is 0 Å². The smallest absolute Gasteiger partial charge is 0.133 e. The van der Waals surface area contributed by atoms with Crippen LogP contribution in [-0.4, -0.2) is 28.2 Å². The maximum atomic E-state index is 12.2. The predicted octanol–water partition coefficient (Wildman–Crippen LogP) is 4.12. The second-order valence-corrected chi connectivity index (χ2v) is 8.08. The van der Waals surface area contributed by atoms with E-state index in [-0.39, 0.29) is 29.6 Å². The lowest BCUT2D eigenvalue weighted by Gasteiger charge is -2.28. The molecule has 2 N–H and O–H groups in total. The number of rotatable bonds is 1. The second-order valence-electron chi connectivity index (χ2n) is 8.08. The van der Waals surface area contributed by atoms with Gasteiger partial charge in [0.05, 0.1) is 12.2 Å².